The van der Waals surface area contributed by atoms with Gasteiger partial charge in [-0.05, 0) is 22.3 Å². The van der Waals surface area contributed by atoms with Crippen molar-refractivity contribution < 1.29 is 14.4 Å². The van der Waals surface area contributed by atoms with Crippen molar-refractivity contribution in [1.29, 1.82) is 0 Å². The van der Waals surface area contributed by atoms with Crippen molar-refractivity contribution in [3.8, 4) is 0 Å². The Bertz CT molecular complexity index is 1040. The highest BCUT2D eigenvalue weighted by Gasteiger charge is 2.18. The van der Waals surface area contributed by atoms with E-state index in [-0.39, 0.29) is 17.7 Å². The summed E-state index contributed by atoms with van der Waals surface area (Å²) in [6.07, 6.45) is 0. The number of rotatable bonds is 8. The van der Waals surface area contributed by atoms with Gasteiger partial charge in [0.05, 0.1) is 0 Å². The number of nitrogens with zero attached hydrogens (tertiary/aromatic N) is 3. The molecule has 2 aliphatic rings. The van der Waals surface area contributed by atoms with Crippen LogP contribution in [0.25, 0.3) is 0 Å². The summed E-state index contributed by atoms with van der Waals surface area (Å²) in [7, 11) is 0. The van der Waals surface area contributed by atoms with Gasteiger partial charge in [0.2, 0.25) is 17.7 Å². The first kappa shape index (κ1) is 30.3. The van der Waals surface area contributed by atoms with E-state index in [1.165, 1.54) is 18.1 Å². The van der Waals surface area contributed by atoms with Crippen molar-refractivity contribution in [2.45, 2.75) is 47.0 Å². The molecular weight excluding hydrogens is 492 g/mol. The predicted octanol–water partition coefficient (Wildman–Crippen LogP) is 1.71. The summed E-state index contributed by atoms with van der Waals surface area (Å²) in [5.74, 6) is 0.166. The summed E-state index contributed by atoms with van der Waals surface area (Å²) in [4.78, 5) is 39.7. The highest BCUT2D eigenvalue weighted by molar-refractivity contribution is 5.73. The standard InChI is InChI=1S/C16H23N3O2.C14H21N3O/c1-13(20)17-11-15-3-5-16(6-4-15)12-18-7-9-19(10-8-18)14(2)21;1-12(18)16-10-13-2-4-14(5-3-13)11-17-8-6-15-7-9-17/h3-6H,7-12H2,1-2H3,(H,17,20);2-5,15H,6-11H2,1H3,(H,16,18). The Labute approximate surface area is 232 Å². The van der Waals surface area contributed by atoms with Gasteiger partial charge in [-0.15, -0.1) is 0 Å². The highest BCUT2D eigenvalue weighted by Crippen LogP contribution is 2.11. The Kier molecular flexibility index (Phi) is 12.4. The smallest absolute Gasteiger partial charge is 0.219 e. The Morgan fingerprint density at radius 1 is 0.615 bits per heavy atom. The maximum Gasteiger partial charge on any atom is 0.219 e. The summed E-state index contributed by atoms with van der Waals surface area (Å²) in [6.45, 7) is 15.7. The van der Waals surface area contributed by atoms with E-state index in [9.17, 15) is 14.4 Å². The van der Waals surface area contributed by atoms with Gasteiger partial charge in [0.25, 0.3) is 0 Å². The minimum Gasteiger partial charge on any atom is -0.352 e. The number of amides is 3. The lowest BCUT2D eigenvalue weighted by Gasteiger charge is -2.34. The molecule has 0 atom stereocenters. The molecule has 2 fully saturated rings. The normalized spacial score (nSPS) is 16.1. The van der Waals surface area contributed by atoms with Crippen LogP contribution in [-0.2, 0) is 40.6 Å². The third-order valence-corrected chi connectivity index (χ3v) is 6.97. The average molecular weight is 537 g/mol. The van der Waals surface area contributed by atoms with E-state index in [2.05, 4.69) is 74.3 Å². The van der Waals surface area contributed by atoms with Gasteiger partial charge in [0.15, 0.2) is 0 Å². The van der Waals surface area contributed by atoms with E-state index in [0.717, 1.165) is 76.6 Å². The SMILES string of the molecule is CC(=O)NCc1ccc(CN2CCN(C(C)=O)CC2)cc1.CC(=O)NCc1ccc(CN2CCNCC2)cc1. The summed E-state index contributed by atoms with van der Waals surface area (Å²) >= 11 is 0. The van der Waals surface area contributed by atoms with Crippen LogP contribution in [0.2, 0.25) is 0 Å². The first-order valence-corrected chi connectivity index (χ1v) is 13.8. The minimum absolute atomic E-state index is 0.0116. The molecule has 39 heavy (non-hydrogen) atoms. The van der Waals surface area contributed by atoms with E-state index >= 15 is 0 Å². The van der Waals surface area contributed by atoms with Crippen LogP contribution in [0.5, 0.6) is 0 Å². The number of hydrogen-bond acceptors (Lipinski definition) is 6. The lowest BCUT2D eigenvalue weighted by molar-refractivity contribution is -0.130. The first-order chi connectivity index (χ1) is 18.8. The lowest BCUT2D eigenvalue weighted by Crippen LogP contribution is -2.47. The molecule has 2 heterocycles. The molecular formula is C30H44N6O3. The Balaban J connectivity index is 0.000000218. The van der Waals surface area contributed by atoms with Gasteiger partial charge in [-0.25, -0.2) is 0 Å². The van der Waals surface area contributed by atoms with Gasteiger partial charge in [0.1, 0.15) is 0 Å². The quantitative estimate of drug-likeness (QED) is 0.476. The van der Waals surface area contributed by atoms with E-state index < -0.39 is 0 Å². The lowest BCUT2D eigenvalue weighted by atomic mass is 10.1. The molecule has 2 aromatic carbocycles. The van der Waals surface area contributed by atoms with Gasteiger partial charge in [-0.1, -0.05) is 48.5 Å². The molecule has 0 saturated carbocycles. The van der Waals surface area contributed by atoms with Crippen molar-refractivity contribution in [2.75, 3.05) is 52.4 Å². The second kappa shape index (κ2) is 16.0. The van der Waals surface area contributed by atoms with Crippen LogP contribution in [0.3, 0.4) is 0 Å². The molecule has 212 valence electrons. The Morgan fingerprint density at radius 3 is 1.38 bits per heavy atom. The van der Waals surface area contributed by atoms with Crippen LogP contribution in [-0.4, -0.2) is 84.8 Å². The maximum absolute atomic E-state index is 11.3. The van der Waals surface area contributed by atoms with Crippen molar-refractivity contribution in [3.63, 3.8) is 0 Å². The van der Waals surface area contributed by atoms with E-state index in [1.807, 2.05) is 4.90 Å². The zero-order valence-electron chi connectivity index (χ0n) is 23.7. The number of hydrogen-bond donors (Lipinski definition) is 3. The Morgan fingerprint density at radius 2 is 1.00 bits per heavy atom. The van der Waals surface area contributed by atoms with E-state index in [0.29, 0.717) is 13.1 Å². The van der Waals surface area contributed by atoms with Crippen molar-refractivity contribution in [3.05, 3.63) is 70.8 Å². The van der Waals surface area contributed by atoms with E-state index in [4.69, 9.17) is 0 Å². The van der Waals surface area contributed by atoms with Crippen LogP contribution in [0.1, 0.15) is 43.0 Å². The first-order valence-electron chi connectivity index (χ1n) is 13.8. The molecule has 2 aromatic rings. The van der Waals surface area contributed by atoms with E-state index in [1.54, 1.807) is 13.8 Å². The molecule has 0 radical (unpaired) electrons. The van der Waals surface area contributed by atoms with Crippen LogP contribution in [0.4, 0.5) is 0 Å². The van der Waals surface area contributed by atoms with Gasteiger partial charge < -0.3 is 20.9 Å². The highest BCUT2D eigenvalue weighted by atomic mass is 16.2. The average Bonchev–Trinajstić information content (AvgIpc) is 2.93. The molecule has 3 amide bonds. The zero-order chi connectivity index (χ0) is 28.0. The molecule has 2 saturated heterocycles. The number of carbonyl (C=O) groups excluding carboxylic acids is 3. The number of carbonyl (C=O) groups is 3. The topological polar surface area (TPSA) is 97.0 Å². The van der Waals surface area contributed by atoms with Gasteiger partial charge in [-0.3, -0.25) is 24.2 Å². The maximum atomic E-state index is 11.3. The zero-order valence-corrected chi connectivity index (χ0v) is 23.7. The fourth-order valence-corrected chi connectivity index (χ4v) is 4.58. The Hall–Kier alpha value is -3.27. The van der Waals surface area contributed by atoms with Gasteiger partial charge in [-0.2, -0.15) is 0 Å². The molecule has 9 nitrogen and oxygen atoms in total. The molecule has 3 N–H and O–H groups in total. The third-order valence-electron chi connectivity index (χ3n) is 6.97. The van der Waals surface area contributed by atoms with Crippen molar-refractivity contribution >= 4 is 17.7 Å². The second-order valence-electron chi connectivity index (χ2n) is 10.3. The molecule has 2 aliphatic heterocycles. The molecule has 0 aromatic heterocycles. The summed E-state index contributed by atoms with van der Waals surface area (Å²) in [6, 6.07) is 16.8. The fourth-order valence-electron chi connectivity index (χ4n) is 4.58. The molecule has 9 heteroatoms. The van der Waals surface area contributed by atoms with Crippen LogP contribution in [0, 0.1) is 0 Å². The number of nitrogens with one attached hydrogen (secondary N) is 3. The minimum atomic E-state index is -0.0116. The molecule has 0 spiro atoms. The molecule has 0 aliphatic carbocycles. The molecule has 0 unspecified atom stereocenters. The van der Waals surface area contributed by atoms with Crippen molar-refractivity contribution in [1.82, 2.24) is 30.7 Å². The summed E-state index contributed by atoms with van der Waals surface area (Å²) in [5.41, 5.74) is 4.85. The summed E-state index contributed by atoms with van der Waals surface area (Å²) < 4.78 is 0. The fraction of sp³-hybridized carbons (Fsp3) is 0.500. The number of piperazine rings is 2. The molecule has 4 rings (SSSR count). The second-order valence-corrected chi connectivity index (χ2v) is 10.3. The number of benzene rings is 2. The monoisotopic (exact) mass is 536 g/mol. The van der Waals surface area contributed by atoms with Gasteiger partial charge >= 0.3 is 0 Å². The molecule has 0 bridgehead atoms. The third kappa shape index (κ3) is 11.6. The largest absolute Gasteiger partial charge is 0.352 e. The van der Waals surface area contributed by atoms with Crippen LogP contribution >= 0.6 is 0 Å². The van der Waals surface area contributed by atoms with Crippen LogP contribution < -0.4 is 16.0 Å². The predicted molar refractivity (Wildman–Crippen MR) is 154 cm³/mol. The summed E-state index contributed by atoms with van der Waals surface area (Å²) in [5, 5.41) is 8.95. The van der Waals surface area contributed by atoms with Gasteiger partial charge in [0, 0.05) is 99.3 Å². The van der Waals surface area contributed by atoms with Crippen molar-refractivity contribution in [2.24, 2.45) is 0 Å². The van der Waals surface area contributed by atoms with Crippen LogP contribution in [0.15, 0.2) is 48.5 Å².